The smallest absolute Gasteiger partial charge is 0.338 e. The molecule has 1 aliphatic rings. The number of hydrogen-bond acceptors (Lipinski definition) is 4. The van der Waals surface area contributed by atoms with Gasteiger partial charge in [-0.3, -0.25) is 4.98 Å². The molecule has 0 amide bonds. The van der Waals surface area contributed by atoms with E-state index in [1.165, 1.54) is 17.7 Å². The van der Waals surface area contributed by atoms with Crippen molar-refractivity contribution in [3.8, 4) is 0 Å². The molecule has 178 valence electrons. The molecule has 1 atom stereocenters. The van der Waals surface area contributed by atoms with Crippen LogP contribution < -0.4 is 10.9 Å². The Bertz CT molecular complexity index is 1370. The quantitative estimate of drug-likeness (QED) is 0.285. The first-order valence-electron chi connectivity index (χ1n) is 11.5. The summed E-state index contributed by atoms with van der Waals surface area (Å²) in [6, 6.07) is 14.0. The lowest BCUT2D eigenvalue weighted by Gasteiger charge is -2.31. The van der Waals surface area contributed by atoms with E-state index in [0.29, 0.717) is 22.4 Å². The molecule has 4 nitrogen and oxygen atoms in total. The van der Waals surface area contributed by atoms with Gasteiger partial charge in [0.1, 0.15) is 11.4 Å². The van der Waals surface area contributed by atoms with Crippen molar-refractivity contribution in [1.29, 1.82) is 0 Å². The van der Waals surface area contributed by atoms with Gasteiger partial charge in [0.05, 0.1) is 11.2 Å². The van der Waals surface area contributed by atoms with Crippen molar-refractivity contribution in [2.24, 2.45) is 5.92 Å². The Morgan fingerprint density at radius 2 is 1.88 bits per heavy atom. The zero-order chi connectivity index (χ0) is 22.9. The SMILES string of the molecule is CC(CC1CCC(c2ccnc3ccc(F)cc23)CC1)Nc1cc(=O)oc2cc(Cl)ccc12.Cl. The van der Waals surface area contributed by atoms with E-state index in [1.54, 1.807) is 24.3 Å². The Balaban J connectivity index is 0.00000274. The molecule has 1 saturated carbocycles. The number of fused-ring (bicyclic) bond motifs is 2. The predicted molar refractivity (Wildman–Crippen MR) is 139 cm³/mol. The third-order valence-electron chi connectivity index (χ3n) is 6.82. The molecule has 0 bridgehead atoms. The molecule has 1 unspecified atom stereocenters. The predicted octanol–water partition coefficient (Wildman–Crippen LogP) is 7.72. The minimum absolute atomic E-state index is 0. The van der Waals surface area contributed by atoms with Crippen molar-refractivity contribution in [1.82, 2.24) is 4.98 Å². The molecule has 0 saturated heterocycles. The van der Waals surface area contributed by atoms with Crippen molar-refractivity contribution in [3.63, 3.8) is 0 Å². The first-order valence-corrected chi connectivity index (χ1v) is 11.9. The van der Waals surface area contributed by atoms with Crippen LogP contribution in [0.25, 0.3) is 21.9 Å². The van der Waals surface area contributed by atoms with E-state index in [1.807, 2.05) is 12.3 Å². The number of hydrogen-bond donors (Lipinski definition) is 1. The number of rotatable bonds is 5. The van der Waals surface area contributed by atoms with Gasteiger partial charge in [-0.1, -0.05) is 11.6 Å². The Kier molecular flexibility index (Phi) is 7.44. The number of nitrogens with one attached hydrogen (secondary N) is 1. The maximum atomic E-state index is 13.8. The highest BCUT2D eigenvalue weighted by Gasteiger charge is 2.25. The molecule has 34 heavy (non-hydrogen) atoms. The van der Waals surface area contributed by atoms with E-state index < -0.39 is 0 Å². The van der Waals surface area contributed by atoms with Gasteiger partial charge >= 0.3 is 5.63 Å². The second-order valence-corrected chi connectivity index (χ2v) is 9.62. The van der Waals surface area contributed by atoms with E-state index in [9.17, 15) is 9.18 Å². The Morgan fingerprint density at radius 1 is 1.09 bits per heavy atom. The first-order chi connectivity index (χ1) is 16.0. The van der Waals surface area contributed by atoms with Gasteiger partial charge in [0.2, 0.25) is 0 Å². The summed E-state index contributed by atoms with van der Waals surface area (Å²) >= 11 is 6.05. The average molecular weight is 501 g/mol. The molecular weight excluding hydrogens is 474 g/mol. The zero-order valence-corrected chi connectivity index (χ0v) is 20.5. The first kappa shape index (κ1) is 24.5. The van der Waals surface area contributed by atoms with Gasteiger partial charge in [-0.25, -0.2) is 9.18 Å². The maximum Gasteiger partial charge on any atom is 0.338 e. The fourth-order valence-corrected chi connectivity index (χ4v) is 5.45. The third-order valence-corrected chi connectivity index (χ3v) is 7.05. The molecular formula is C27H27Cl2FN2O2. The summed E-state index contributed by atoms with van der Waals surface area (Å²) in [5, 5.41) is 5.84. The number of aromatic nitrogens is 1. The van der Waals surface area contributed by atoms with E-state index in [0.717, 1.165) is 54.1 Å². The standard InChI is InChI=1S/C27H26ClFN2O2.ClH/c1-16(31-25-15-27(32)33-26-13-19(28)6-8-22(25)26)12-17-2-4-18(5-3-17)21-10-11-30-24-9-7-20(29)14-23(21)24;/h6-11,13-18,31H,2-5,12H2,1H3;1H. The number of halogens is 3. The third kappa shape index (κ3) is 5.21. The summed E-state index contributed by atoms with van der Waals surface area (Å²) in [7, 11) is 0. The van der Waals surface area contributed by atoms with E-state index in [-0.39, 0.29) is 29.9 Å². The van der Waals surface area contributed by atoms with Crippen molar-refractivity contribution in [2.45, 2.75) is 51.0 Å². The van der Waals surface area contributed by atoms with Crippen molar-refractivity contribution in [3.05, 3.63) is 81.6 Å². The van der Waals surface area contributed by atoms with Gasteiger partial charge in [-0.2, -0.15) is 0 Å². The summed E-state index contributed by atoms with van der Waals surface area (Å²) in [6.07, 6.45) is 7.29. The summed E-state index contributed by atoms with van der Waals surface area (Å²) in [5.41, 5.74) is 2.96. The van der Waals surface area contributed by atoms with Crippen LogP contribution in [0.2, 0.25) is 5.02 Å². The minimum atomic E-state index is -0.388. The van der Waals surface area contributed by atoms with Gasteiger partial charge in [0, 0.05) is 40.2 Å². The van der Waals surface area contributed by atoms with Crippen LogP contribution >= 0.6 is 24.0 Å². The highest BCUT2D eigenvalue weighted by atomic mass is 35.5. The Morgan fingerprint density at radius 3 is 2.68 bits per heavy atom. The highest BCUT2D eigenvalue weighted by Crippen LogP contribution is 2.40. The highest BCUT2D eigenvalue weighted by molar-refractivity contribution is 6.31. The van der Waals surface area contributed by atoms with Crippen molar-refractivity contribution >= 4 is 51.6 Å². The molecule has 2 aromatic carbocycles. The van der Waals surface area contributed by atoms with Gasteiger partial charge in [0.15, 0.2) is 0 Å². The van der Waals surface area contributed by atoms with E-state index in [2.05, 4.69) is 23.3 Å². The molecule has 0 radical (unpaired) electrons. The summed E-state index contributed by atoms with van der Waals surface area (Å²) < 4.78 is 19.1. The molecule has 7 heteroatoms. The largest absolute Gasteiger partial charge is 0.423 e. The Hall–Kier alpha value is -2.63. The molecule has 1 aliphatic carbocycles. The van der Waals surface area contributed by atoms with Crippen LogP contribution in [0.3, 0.4) is 0 Å². The fourth-order valence-electron chi connectivity index (χ4n) is 5.29. The van der Waals surface area contributed by atoms with E-state index >= 15 is 0 Å². The number of benzene rings is 2. The van der Waals surface area contributed by atoms with Crippen molar-refractivity contribution < 1.29 is 8.81 Å². The normalized spacial score (nSPS) is 19.0. The second-order valence-electron chi connectivity index (χ2n) is 9.18. The monoisotopic (exact) mass is 500 g/mol. The summed E-state index contributed by atoms with van der Waals surface area (Å²) in [5.74, 6) is 0.828. The molecule has 1 N–H and O–H groups in total. The average Bonchev–Trinajstić information content (AvgIpc) is 2.78. The molecule has 0 aliphatic heterocycles. The molecule has 2 aromatic heterocycles. The second kappa shape index (κ2) is 10.3. The van der Waals surface area contributed by atoms with Crippen LogP contribution in [0.4, 0.5) is 10.1 Å². The van der Waals surface area contributed by atoms with Crippen LogP contribution in [0, 0.1) is 11.7 Å². The molecule has 0 spiro atoms. The number of nitrogens with zero attached hydrogens (tertiary/aromatic N) is 1. The van der Waals surface area contributed by atoms with Gasteiger partial charge in [-0.15, -0.1) is 12.4 Å². The van der Waals surface area contributed by atoms with E-state index in [4.69, 9.17) is 16.0 Å². The maximum absolute atomic E-state index is 13.8. The van der Waals surface area contributed by atoms with Crippen LogP contribution in [0.1, 0.15) is 50.5 Å². The molecule has 1 fully saturated rings. The fraction of sp³-hybridized carbons (Fsp3) is 0.333. The van der Waals surface area contributed by atoms with Gasteiger partial charge in [0.25, 0.3) is 0 Å². The molecule has 5 rings (SSSR count). The lowest BCUT2D eigenvalue weighted by molar-refractivity contribution is 0.302. The zero-order valence-electron chi connectivity index (χ0n) is 18.9. The minimum Gasteiger partial charge on any atom is -0.423 e. The van der Waals surface area contributed by atoms with Gasteiger partial charge < -0.3 is 9.73 Å². The van der Waals surface area contributed by atoms with Crippen molar-refractivity contribution in [2.75, 3.05) is 5.32 Å². The Labute approximate surface area is 208 Å². The van der Waals surface area contributed by atoms with Crippen LogP contribution in [-0.2, 0) is 0 Å². The summed E-state index contributed by atoms with van der Waals surface area (Å²) in [4.78, 5) is 16.4. The summed E-state index contributed by atoms with van der Waals surface area (Å²) in [6.45, 7) is 2.15. The van der Waals surface area contributed by atoms with Crippen LogP contribution in [-0.4, -0.2) is 11.0 Å². The number of pyridine rings is 1. The number of anilines is 1. The molecule has 4 aromatic rings. The van der Waals surface area contributed by atoms with Crippen LogP contribution in [0.15, 0.2) is 63.9 Å². The topological polar surface area (TPSA) is 55.1 Å². The van der Waals surface area contributed by atoms with Gasteiger partial charge in [-0.05, 0) is 92.8 Å². The lowest BCUT2D eigenvalue weighted by Crippen LogP contribution is -2.23. The molecule has 2 heterocycles. The van der Waals surface area contributed by atoms with Crippen LogP contribution in [0.5, 0.6) is 0 Å². The lowest BCUT2D eigenvalue weighted by atomic mass is 9.76.